The Hall–Kier alpha value is -1.57. The molecule has 2 aromatic rings. The lowest BCUT2D eigenvalue weighted by atomic mass is 10.1. The largest absolute Gasteiger partial charge is 0.394 e. The van der Waals surface area contributed by atoms with Gasteiger partial charge in [-0.1, -0.05) is 43.0 Å². The number of anilines is 2. The zero-order valence-electron chi connectivity index (χ0n) is 17.9. The number of hydrogen-bond donors (Lipinski definition) is 1. The van der Waals surface area contributed by atoms with Crippen molar-refractivity contribution in [2.45, 2.75) is 16.7 Å². The van der Waals surface area contributed by atoms with Crippen LogP contribution < -0.4 is 4.90 Å². The molecule has 4 rings (SSSR count). The van der Waals surface area contributed by atoms with E-state index in [2.05, 4.69) is 70.2 Å². The minimum Gasteiger partial charge on any atom is -0.394 e. The summed E-state index contributed by atoms with van der Waals surface area (Å²) in [5.74, 6) is 0.577. The Kier molecular flexibility index (Phi) is 7.68. The molecule has 1 saturated heterocycles. The molecule has 2 aliphatic rings. The zero-order valence-corrected chi connectivity index (χ0v) is 18.7. The topological polar surface area (TPSA) is 39.2 Å². The van der Waals surface area contributed by atoms with Gasteiger partial charge in [0.05, 0.1) is 31.2 Å². The average molecular weight is 428 g/mol. The van der Waals surface area contributed by atoms with Gasteiger partial charge in [-0.25, -0.2) is 0 Å². The maximum Gasteiger partial charge on any atom is 0.0698 e. The van der Waals surface area contributed by atoms with Crippen molar-refractivity contribution in [3.63, 3.8) is 0 Å². The molecule has 0 aromatic heterocycles. The second-order valence-electron chi connectivity index (χ2n) is 8.23. The van der Waals surface area contributed by atoms with Crippen LogP contribution in [-0.2, 0) is 4.74 Å². The van der Waals surface area contributed by atoms with E-state index in [0.717, 1.165) is 45.8 Å². The van der Waals surface area contributed by atoms with E-state index >= 15 is 0 Å². The quantitative estimate of drug-likeness (QED) is 0.617. The molecule has 1 fully saturated rings. The number of fused-ring (bicyclic) bond motifs is 2. The standard InChI is InChI=1S/C24H33N3O2S/c1-20(18-26-12-10-25(11-13-26)14-16-29-17-15-28)19-27-21-6-2-4-8-23(21)30-24-9-5-3-7-22(24)27/h2-9,20,28H,10-19H2,1H3/t20-/m1/s1. The number of piperazine rings is 1. The van der Waals surface area contributed by atoms with E-state index in [1.54, 1.807) is 0 Å². The number of aliphatic hydroxyl groups is 1. The lowest BCUT2D eigenvalue weighted by Crippen LogP contribution is -2.49. The Morgan fingerprint density at radius 2 is 1.47 bits per heavy atom. The highest BCUT2D eigenvalue weighted by atomic mass is 32.2. The molecule has 0 radical (unpaired) electrons. The second kappa shape index (κ2) is 10.6. The molecule has 0 amide bonds. The molecule has 162 valence electrons. The first-order valence-electron chi connectivity index (χ1n) is 11.0. The Morgan fingerprint density at radius 3 is 2.10 bits per heavy atom. The first kappa shape index (κ1) is 21.7. The molecule has 5 nitrogen and oxygen atoms in total. The third-order valence-electron chi connectivity index (χ3n) is 5.85. The van der Waals surface area contributed by atoms with E-state index in [1.165, 1.54) is 21.2 Å². The number of aliphatic hydroxyl groups excluding tert-OH is 1. The lowest BCUT2D eigenvalue weighted by molar-refractivity contribution is 0.0555. The van der Waals surface area contributed by atoms with Crippen LogP contribution in [0.3, 0.4) is 0 Å². The molecule has 1 N–H and O–H groups in total. The molecular weight excluding hydrogens is 394 g/mol. The van der Waals surface area contributed by atoms with Crippen LogP contribution >= 0.6 is 11.8 Å². The van der Waals surface area contributed by atoms with E-state index in [0.29, 0.717) is 19.1 Å². The summed E-state index contributed by atoms with van der Waals surface area (Å²) < 4.78 is 5.41. The molecule has 1 atom stereocenters. The van der Waals surface area contributed by atoms with E-state index in [1.807, 2.05) is 11.8 Å². The SMILES string of the molecule is C[C@H](CN1CCN(CCOCCO)CC1)CN1c2ccccc2Sc2ccccc21. The van der Waals surface area contributed by atoms with Crippen molar-refractivity contribution >= 4 is 23.1 Å². The molecule has 0 saturated carbocycles. The Labute approximate surface area is 184 Å². The van der Waals surface area contributed by atoms with Crippen molar-refractivity contribution in [2.75, 3.05) is 70.5 Å². The van der Waals surface area contributed by atoms with Gasteiger partial charge in [0, 0.05) is 55.6 Å². The van der Waals surface area contributed by atoms with Crippen LogP contribution in [0.4, 0.5) is 11.4 Å². The first-order valence-corrected chi connectivity index (χ1v) is 11.8. The maximum atomic E-state index is 8.80. The van der Waals surface area contributed by atoms with Crippen LogP contribution in [0.2, 0.25) is 0 Å². The molecule has 0 spiro atoms. The van der Waals surface area contributed by atoms with Gasteiger partial charge in [-0.05, 0) is 30.2 Å². The Morgan fingerprint density at radius 1 is 0.867 bits per heavy atom. The van der Waals surface area contributed by atoms with Gasteiger partial charge in [0.15, 0.2) is 0 Å². The van der Waals surface area contributed by atoms with Gasteiger partial charge in [0.2, 0.25) is 0 Å². The third-order valence-corrected chi connectivity index (χ3v) is 6.98. The number of para-hydroxylation sites is 2. The predicted molar refractivity (Wildman–Crippen MR) is 124 cm³/mol. The van der Waals surface area contributed by atoms with Crippen LogP contribution in [0.5, 0.6) is 0 Å². The van der Waals surface area contributed by atoms with Gasteiger partial charge in [0.25, 0.3) is 0 Å². The van der Waals surface area contributed by atoms with Crippen LogP contribution in [0.25, 0.3) is 0 Å². The van der Waals surface area contributed by atoms with Gasteiger partial charge in [-0.2, -0.15) is 0 Å². The first-order chi connectivity index (χ1) is 14.7. The zero-order chi connectivity index (χ0) is 20.8. The number of ether oxygens (including phenoxy) is 1. The molecule has 6 heteroatoms. The number of benzene rings is 2. The lowest BCUT2D eigenvalue weighted by Gasteiger charge is -2.38. The summed E-state index contributed by atoms with van der Waals surface area (Å²) in [7, 11) is 0. The number of hydrogen-bond acceptors (Lipinski definition) is 6. The van der Waals surface area contributed by atoms with Gasteiger partial charge >= 0.3 is 0 Å². The van der Waals surface area contributed by atoms with E-state index in [9.17, 15) is 0 Å². The average Bonchev–Trinajstić information content (AvgIpc) is 2.77. The van der Waals surface area contributed by atoms with Crippen molar-refractivity contribution in [1.82, 2.24) is 9.80 Å². The summed E-state index contributed by atoms with van der Waals surface area (Å²) >= 11 is 1.88. The van der Waals surface area contributed by atoms with Crippen molar-refractivity contribution in [2.24, 2.45) is 5.92 Å². The molecule has 2 heterocycles. The van der Waals surface area contributed by atoms with Crippen LogP contribution in [0.1, 0.15) is 6.92 Å². The monoisotopic (exact) mass is 427 g/mol. The molecule has 0 bridgehead atoms. The molecular formula is C24H33N3O2S. The fraction of sp³-hybridized carbons (Fsp3) is 0.500. The highest BCUT2D eigenvalue weighted by Crippen LogP contribution is 2.47. The summed E-state index contributed by atoms with van der Waals surface area (Å²) in [4.78, 5) is 10.3. The molecule has 2 aliphatic heterocycles. The highest BCUT2D eigenvalue weighted by Gasteiger charge is 2.25. The molecule has 2 aromatic carbocycles. The fourth-order valence-electron chi connectivity index (χ4n) is 4.34. The summed E-state index contributed by atoms with van der Waals surface area (Å²) in [5.41, 5.74) is 2.67. The predicted octanol–water partition coefficient (Wildman–Crippen LogP) is 3.55. The van der Waals surface area contributed by atoms with E-state index in [-0.39, 0.29) is 6.61 Å². The summed E-state index contributed by atoms with van der Waals surface area (Å²) in [6.07, 6.45) is 0. The van der Waals surface area contributed by atoms with E-state index < -0.39 is 0 Å². The minimum absolute atomic E-state index is 0.107. The summed E-state index contributed by atoms with van der Waals surface area (Å²) in [5, 5.41) is 8.80. The maximum absolute atomic E-state index is 8.80. The Bertz CT molecular complexity index is 765. The van der Waals surface area contributed by atoms with Crippen LogP contribution in [-0.4, -0.2) is 80.5 Å². The highest BCUT2D eigenvalue weighted by molar-refractivity contribution is 7.99. The van der Waals surface area contributed by atoms with Crippen LogP contribution in [0.15, 0.2) is 58.3 Å². The summed E-state index contributed by atoms with van der Waals surface area (Å²) in [6.45, 7) is 11.2. The molecule has 0 aliphatic carbocycles. The second-order valence-corrected chi connectivity index (χ2v) is 9.32. The van der Waals surface area contributed by atoms with Gasteiger partial charge in [-0.3, -0.25) is 4.90 Å². The summed E-state index contributed by atoms with van der Waals surface area (Å²) in [6, 6.07) is 17.5. The number of nitrogens with zero attached hydrogens (tertiary/aromatic N) is 3. The molecule has 0 unspecified atom stereocenters. The molecule has 30 heavy (non-hydrogen) atoms. The third kappa shape index (κ3) is 5.37. The number of rotatable bonds is 9. The minimum atomic E-state index is 0.107. The Balaban J connectivity index is 1.31. The van der Waals surface area contributed by atoms with Crippen molar-refractivity contribution < 1.29 is 9.84 Å². The van der Waals surface area contributed by atoms with Crippen molar-refractivity contribution in [3.05, 3.63) is 48.5 Å². The fourth-order valence-corrected chi connectivity index (χ4v) is 5.44. The van der Waals surface area contributed by atoms with Gasteiger partial charge in [0.1, 0.15) is 0 Å². The van der Waals surface area contributed by atoms with Crippen molar-refractivity contribution in [3.8, 4) is 0 Å². The normalized spacial score (nSPS) is 18.1. The van der Waals surface area contributed by atoms with Gasteiger partial charge < -0.3 is 19.6 Å². The van der Waals surface area contributed by atoms with Gasteiger partial charge in [-0.15, -0.1) is 0 Å². The van der Waals surface area contributed by atoms with Crippen LogP contribution in [0, 0.1) is 5.92 Å². The van der Waals surface area contributed by atoms with Crippen molar-refractivity contribution in [1.29, 1.82) is 0 Å². The smallest absolute Gasteiger partial charge is 0.0698 e. The van der Waals surface area contributed by atoms with E-state index in [4.69, 9.17) is 9.84 Å².